The molecule has 1 aromatic carbocycles. The highest BCUT2D eigenvalue weighted by Crippen LogP contribution is 2.24. The Labute approximate surface area is 146 Å². The lowest BCUT2D eigenvalue weighted by molar-refractivity contribution is 0.111. The van der Waals surface area contributed by atoms with E-state index in [9.17, 15) is 9.18 Å². The van der Waals surface area contributed by atoms with E-state index in [1.54, 1.807) is 12.1 Å². The molecule has 2 atom stereocenters. The van der Waals surface area contributed by atoms with Crippen molar-refractivity contribution in [2.75, 3.05) is 31.1 Å². The Morgan fingerprint density at radius 3 is 3.00 bits per heavy atom. The number of urea groups is 1. The van der Waals surface area contributed by atoms with Crippen molar-refractivity contribution in [1.29, 1.82) is 5.26 Å². The van der Waals surface area contributed by atoms with Crippen LogP contribution in [0, 0.1) is 17.1 Å². The number of hydrogen-bond donors (Lipinski definition) is 2. The van der Waals surface area contributed by atoms with Crippen molar-refractivity contribution in [1.82, 2.24) is 10.6 Å². The van der Waals surface area contributed by atoms with E-state index in [-0.39, 0.29) is 18.2 Å². The summed E-state index contributed by atoms with van der Waals surface area (Å²) in [6.07, 6.45) is 3.87. The molecule has 0 saturated carbocycles. The molecule has 0 radical (unpaired) electrons. The van der Waals surface area contributed by atoms with E-state index in [1.807, 2.05) is 11.0 Å². The summed E-state index contributed by atoms with van der Waals surface area (Å²) in [5.74, 6) is -0.400. The predicted molar refractivity (Wildman–Crippen MR) is 91.9 cm³/mol. The summed E-state index contributed by atoms with van der Waals surface area (Å²) in [5.41, 5.74) is 0.784. The van der Waals surface area contributed by atoms with Gasteiger partial charge in [-0.3, -0.25) is 0 Å². The predicted octanol–water partition coefficient (Wildman–Crippen LogP) is 2.14. The minimum Gasteiger partial charge on any atom is -0.376 e. The van der Waals surface area contributed by atoms with Crippen molar-refractivity contribution < 1.29 is 13.9 Å². The first-order valence-corrected chi connectivity index (χ1v) is 8.76. The van der Waals surface area contributed by atoms with Crippen molar-refractivity contribution >= 4 is 11.7 Å². The molecule has 7 heteroatoms. The number of rotatable bonds is 4. The number of carbonyl (C=O) groups excluding carboxylic acids is 1. The molecule has 2 fully saturated rings. The van der Waals surface area contributed by atoms with Crippen LogP contribution in [0.2, 0.25) is 0 Å². The van der Waals surface area contributed by atoms with Crippen LogP contribution >= 0.6 is 0 Å². The monoisotopic (exact) mass is 346 g/mol. The molecule has 6 nitrogen and oxygen atoms in total. The zero-order valence-corrected chi connectivity index (χ0v) is 14.1. The number of nitrogens with zero attached hydrogens (tertiary/aromatic N) is 2. The van der Waals surface area contributed by atoms with Gasteiger partial charge in [0.1, 0.15) is 5.82 Å². The fourth-order valence-corrected chi connectivity index (χ4v) is 3.39. The van der Waals surface area contributed by atoms with Gasteiger partial charge in [-0.1, -0.05) is 0 Å². The van der Waals surface area contributed by atoms with Gasteiger partial charge in [0.25, 0.3) is 0 Å². The third kappa shape index (κ3) is 4.60. The minimum atomic E-state index is -0.400. The lowest BCUT2D eigenvalue weighted by atomic mass is 10.0. The van der Waals surface area contributed by atoms with Gasteiger partial charge in [0.2, 0.25) is 0 Å². The topological polar surface area (TPSA) is 77.4 Å². The number of nitriles is 1. The van der Waals surface area contributed by atoms with Gasteiger partial charge in [-0.2, -0.15) is 5.26 Å². The van der Waals surface area contributed by atoms with Gasteiger partial charge in [0.05, 0.1) is 23.4 Å². The number of benzene rings is 1. The third-order valence-electron chi connectivity index (χ3n) is 4.69. The molecule has 2 aliphatic heterocycles. The number of amides is 2. The number of hydrogen-bond acceptors (Lipinski definition) is 4. The van der Waals surface area contributed by atoms with E-state index < -0.39 is 5.82 Å². The van der Waals surface area contributed by atoms with Gasteiger partial charge in [-0.05, 0) is 43.9 Å². The Balaban J connectivity index is 1.52. The summed E-state index contributed by atoms with van der Waals surface area (Å²) < 4.78 is 19.7. The average molecular weight is 346 g/mol. The molecular weight excluding hydrogens is 323 g/mol. The molecule has 0 aromatic heterocycles. The molecule has 2 amide bonds. The number of nitrogens with one attached hydrogen (secondary N) is 2. The SMILES string of the molecule is N#Cc1ccc(N2CCC[C@@H](NC(=O)NC[C@@H]3CCCO3)C2)c(F)c1. The third-order valence-corrected chi connectivity index (χ3v) is 4.69. The van der Waals surface area contributed by atoms with E-state index in [4.69, 9.17) is 10.00 Å². The summed E-state index contributed by atoms with van der Waals surface area (Å²) in [6, 6.07) is 6.19. The molecule has 0 bridgehead atoms. The molecule has 134 valence electrons. The maximum atomic E-state index is 14.2. The molecule has 1 aromatic rings. The molecule has 0 aliphatic carbocycles. The number of ether oxygens (including phenoxy) is 1. The second kappa shape index (κ2) is 8.17. The number of anilines is 1. The van der Waals surface area contributed by atoms with Crippen molar-refractivity contribution in [3.63, 3.8) is 0 Å². The van der Waals surface area contributed by atoms with Gasteiger partial charge < -0.3 is 20.3 Å². The molecule has 25 heavy (non-hydrogen) atoms. The minimum absolute atomic E-state index is 0.0340. The van der Waals surface area contributed by atoms with Gasteiger partial charge in [-0.15, -0.1) is 0 Å². The molecule has 0 spiro atoms. The molecule has 2 heterocycles. The Morgan fingerprint density at radius 2 is 2.28 bits per heavy atom. The molecule has 3 rings (SSSR count). The Morgan fingerprint density at radius 1 is 1.40 bits per heavy atom. The summed E-state index contributed by atoms with van der Waals surface area (Å²) in [6.45, 7) is 2.57. The summed E-state index contributed by atoms with van der Waals surface area (Å²) in [4.78, 5) is 14.0. The normalized spacial score (nSPS) is 23.1. The highest BCUT2D eigenvalue weighted by atomic mass is 19.1. The van der Waals surface area contributed by atoms with E-state index in [2.05, 4.69) is 10.6 Å². The smallest absolute Gasteiger partial charge is 0.315 e. The summed E-state index contributed by atoms with van der Waals surface area (Å²) in [5, 5.41) is 14.7. The lowest BCUT2D eigenvalue weighted by Crippen LogP contribution is -2.51. The van der Waals surface area contributed by atoms with Gasteiger partial charge in [0.15, 0.2) is 0 Å². The molecule has 2 N–H and O–H groups in total. The van der Waals surface area contributed by atoms with Crippen LogP contribution in [0.5, 0.6) is 0 Å². The number of carbonyl (C=O) groups is 1. The lowest BCUT2D eigenvalue weighted by Gasteiger charge is -2.35. The average Bonchev–Trinajstić information content (AvgIpc) is 3.13. The van der Waals surface area contributed by atoms with Crippen molar-refractivity contribution in [3.05, 3.63) is 29.6 Å². The summed E-state index contributed by atoms with van der Waals surface area (Å²) in [7, 11) is 0. The largest absolute Gasteiger partial charge is 0.376 e. The van der Waals surface area contributed by atoms with E-state index >= 15 is 0 Å². The quantitative estimate of drug-likeness (QED) is 0.876. The first-order valence-electron chi connectivity index (χ1n) is 8.76. The van der Waals surface area contributed by atoms with E-state index in [1.165, 1.54) is 6.07 Å². The highest BCUT2D eigenvalue weighted by molar-refractivity contribution is 5.74. The molecule has 0 unspecified atom stereocenters. The maximum Gasteiger partial charge on any atom is 0.315 e. The molecule has 2 aliphatic rings. The van der Waals surface area contributed by atoms with Crippen molar-refractivity contribution in [2.45, 2.75) is 37.8 Å². The number of piperidine rings is 1. The Kier molecular flexibility index (Phi) is 5.71. The molecule has 2 saturated heterocycles. The van der Waals surface area contributed by atoms with Crippen LogP contribution in [0.15, 0.2) is 18.2 Å². The van der Waals surface area contributed by atoms with Crippen LogP contribution < -0.4 is 15.5 Å². The van der Waals surface area contributed by atoms with Gasteiger partial charge in [-0.25, -0.2) is 9.18 Å². The fraction of sp³-hybridized carbons (Fsp3) is 0.556. The van der Waals surface area contributed by atoms with Gasteiger partial charge in [0, 0.05) is 32.3 Å². The Hall–Kier alpha value is -2.33. The van der Waals surface area contributed by atoms with E-state index in [0.717, 1.165) is 38.8 Å². The zero-order valence-electron chi connectivity index (χ0n) is 14.1. The fourth-order valence-electron chi connectivity index (χ4n) is 3.39. The van der Waals surface area contributed by atoms with Crippen LogP contribution in [0.4, 0.5) is 14.9 Å². The first kappa shape index (κ1) is 17.5. The second-order valence-electron chi connectivity index (χ2n) is 6.55. The van der Waals surface area contributed by atoms with Crippen LogP contribution in [0.1, 0.15) is 31.2 Å². The van der Waals surface area contributed by atoms with Gasteiger partial charge >= 0.3 is 6.03 Å². The Bertz CT molecular complexity index is 655. The first-order chi connectivity index (χ1) is 12.2. The van der Waals surface area contributed by atoms with Crippen LogP contribution in [-0.4, -0.2) is 44.4 Å². The zero-order chi connectivity index (χ0) is 17.6. The van der Waals surface area contributed by atoms with Crippen molar-refractivity contribution in [2.24, 2.45) is 0 Å². The highest BCUT2D eigenvalue weighted by Gasteiger charge is 2.24. The summed E-state index contributed by atoms with van der Waals surface area (Å²) >= 11 is 0. The van der Waals surface area contributed by atoms with Crippen LogP contribution in [-0.2, 0) is 4.74 Å². The van der Waals surface area contributed by atoms with Crippen LogP contribution in [0.25, 0.3) is 0 Å². The second-order valence-corrected chi connectivity index (χ2v) is 6.55. The molecular formula is C18H23FN4O2. The number of halogens is 1. The maximum absolute atomic E-state index is 14.2. The van der Waals surface area contributed by atoms with Crippen LogP contribution in [0.3, 0.4) is 0 Å². The standard InChI is InChI=1S/C18H23FN4O2/c19-16-9-13(10-20)5-6-17(16)23-7-1-3-14(12-23)22-18(24)21-11-15-4-2-8-25-15/h5-6,9,14-15H,1-4,7-8,11-12H2,(H2,21,22,24)/t14-,15+/m1/s1. The van der Waals surface area contributed by atoms with Crippen molar-refractivity contribution in [3.8, 4) is 6.07 Å². The van der Waals surface area contributed by atoms with E-state index in [0.29, 0.717) is 24.3 Å².